The van der Waals surface area contributed by atoms with Gasteiger partial charge in [-0.15, -0.1) is 0 Å². The van der Waals surface area contributed by atoms with Gasteiger partial charge in [-0.1, -0.05) is 34.1 Å². The predicted octanol–water partition coefficient (Wildman–Crippen LogP) is -0.654. The molecule has 0 aliphatic carbocycles. The summed E-state index contributed by atoms with van der Waals surface area (Å²) in [6.07, 6.45) is -0.292. The van der Waals surface area contributed by atoms with E-state index in [1.807, 2.05) is 20.8 Å². The second-order valence-electron chi connectivity index (χ2n) is 7.90. The zero-order valence-electron chi connectivity index (χ0n) is 18.1. The number of aliphatic hydroxyl groups excluding tert-OH is 1. The number of rotatable bonds is 12. The molecule has 0 aromatic rings. The fourth-order valence-corrected chi connectivity index (χ4v) is 2.59. The van der Waals surface area contributed by atoms with E-state index in [0.717, 1.165) is 0 Å². The molecule has 168 valence electrons. The van der Waals surface area contributed by atoms with Crippen molar-refractivity contribution in [2.45, 2.75) is 84.7 Å². The highest BCUT2D eigenvalue weighted by atomic mass is 16.4. The minimum Gasteiger partial charge on any atom is -0.480 e. The molecule has 10 heteroatoms. The van der Waals surface area contributed by atoms with Crippen molar-refractivity contribution in [1.82, 2.24) is 16.0 Å². The Morgan fingerprint density at radius 3 is 1.76 bits per heavy atom. The molecular weight excluding hydrogens is 380 g/mol. The lowest BCUT2D eigenvalue weighted by atomic mass is 9.97. The average molecular weight is 417 g/mol. The number of nitrogens with two attached hydrogens (primary N) is 1. The Hall–Kier alpha value is -2.20. The number of hydrogen-bond acceptors (Lipinski definition) is 6. The summed E-state index contributed by atoms with van der Waals surface area (Å²) in [7, 11) is 0. The van der Waals surface area contributed by atoms with Crippen LogP contribution in [0, 0.1) is 11.8 Å². The van der Waals surface area contributed by atoms with E-state index in [-0.39, 0.29) is 11.8 Å². The normalized spacial score (nSPS) is 17.4. The first-order chi connectivity index (χ1) is 13.3. The fraction of sp³-hybridized carbons (Fsp3) is 0.789. The molecule has 10 nitrogen and oxygen atoms in total. The summed E-state index contributed by atoms with van der Waals surface area (Å²) in [6, 6.07) is -4.31. The Labute approximate surface area is 172 Å². The SMILES string of the molecule is CCC(C)C(NC(=O)C(NC(=O)C(N)CC(C)C)C(C)O)C(=O)NC(C)C(=O)O. The summed E-state index contributed by atoms with van der Waals surface area (Å²) in [6.45, 7) is 9.99. The molecule has 0 saturated heterocycles. The summed E-state index contributed by atoms with van der Waals surface area (Å²) >= 11 is 0. The molecule has 0 saturated carbocycles. The molecule has 0 aliphatic heterocycles. The van der Waals surface area contributed by atoms with E-state index in [1.54, 1.807) is 6.92 Å². The number of carbonyl (C=O) groups excluding carboxylic acids is 3. The third-order valence-corrected chi connectivity index (χ3v) is 4.65. The zero-order valence-corrected chi connectivity index (χ0v) is 18.1. The van der Waals surface area contributed by atoms with E-state index in [1.165, 1.54) is 13.8 Å². The summed E-state index contributed by atoms with van der Waals surface area (Å²) in [5.41, 5.74) is 5.82. The van der Waals surface area contributed by atoms with Crippen LogP contribution >= 0.6 is 0 Å². The van der Waals surface area contributed by atoms with Gasteiger partial charge in [0.25, 0.3) is 0 Å². The third kappa shape index (κ3) is 9.23. The van der Waals surface area contributed by atoms with Crippen LogP contribution in [0.3, 0.4) is 0 Å². The van der Waals surface area contributed by atoms with E-state index in [2.05, 4.69) is 16.0 Å². The molecule has 0 heterocycles. The molecule has 0 bridgehead atoms. The van der Waals surface area contributed by atoms with Gasteiger partial charge in [0.1, 0.15) is 18.1 Å². The van der Waals surface area contributed by atoms with Gasteiger partial charge >= 0.3 is 5.97 Å². The van der Waals surface area contributed by atoms with Crippen LogP contribution in [0.25, 0.3) is 0 Å². The number of carboxylic acid groups (broad SMARTS) is 1. The minimum absolute atomic E-state index is 0.171. The van der Waals surface area contributed by atoms with Gasteiger partial charge in [-0.05, 0) is 32.1 Å². The van der Waals surface area contributed by atoms with Crippen LogP contribution in [-0.2, 0) is 19.2 Å². The van der Waals surface area contributed by atoms with Crippen molar-refractivity contribution >= 4 is 23.7 Å². The third-order valence-electron chi connectivity index (χ3n) is 4.65. The van der Waals surface area contributed by atoms with Crippen LogP contribution in [0.15, 0.2) is 0 Å². The molecule has 29 heavy (non-hydrogen) atoms. The van der Waals surface area contributed by atoms with Crippen LogP contribution in [0.4, 0.5) is 0 Å². The minimum atomic E-state index is -1.31. The van der Waals surface area contributed by atoms with Crippen molar-refractivity contribution in [2.24, 2.45) is 17.6 Å². The van der Waals surface area contributed by atoms with E-state index in [0.29, 0.717) is 12.8 Å². The summed E-state index contributed by atoms with van der Waals surface area (Å²) in [5, 5.41) is 26.2. The summed E-state index contributed by atoms with van der Waals surface area (Å²) in [5.74, 6) is -3.34. The molecule has 0 spiro atoms. The lowest BCUT2D eigenvalue weighted by molar-refractivity contribution is -0.142. The first-order valence-corrected chi connectivity index (χ1v) is 9.89. The lowest BCUT2D eigenvalue weighted by Gasteiger charge is -2.28. The van der Waals surface area contributed by atoms with E-state index in [4.69, 9.17) is 10.8 Å². The molecule has 0 fully saturated rings. The highest BCUT2D eigenvalue weighted by molar-refractivity contribution is 5.94. The molecule has 6 atom stereocenters. The van der Waals surface area contributed by atoms with Gasteiger partial charge in [0.15, 0.2) is 0 Å². The van der Waals surface area contributed by atoms with Gasteiger partial charge in [0.05, 0.1) is 12.1 Å². The molecule has 3 amide bonds. The van der Waals surface area contributed by atoms with Crippen LogP contribution in [0.5, 0.6) is 0 Å². The number of carboxylic acids is 1. The Morgan fingerprint density at radius 2 is 1.34 bits per heavy atom. The second kappa shape index (κ2) is 12.4. The van der Waals surface area contributed by atoms with Crippen molar-refractivity contribution < 1.29 is 29.4 Å². The van der Waals surface area contributed by atoms with Crippen molar-refractivity contribution in [3.63, 3.8) is 0 Å². The van der Waals surface area contributed by atoms with Crippen molar-refractivity contribution in [3.8, 4) is 0 Å². The highest BCUT2D eigenvalue weighted by Gasteiger charge is 2.33. The maximum Gasteiger partial charge on any atom is 0.325 e. The number of amides is 3. The fourth-order valence-electron chi connectivity index (χ4n) is 2.59. The summed E-state index contributed by atoms with van der Waals surface area (Å²) < 4.78 is 0. The van der Waals surface area contributed by atoms with Gasteiger partial charge in [-0.3, -0.25) is 19.2 Å². The predicted molar refractivity (Wildman–Crippen MR) is 108 cm³/mol. The Kier molecular flexibility index (Phi) is 11.4. The monoisotopic (exact) mass is 416 g/mol. The lowest BCUT2D eigenvalue weighted by Crippen LogP contribution is -2.60. The van der Waals surface area contributed by atoms with Crippen molar-refractivity contribution in [1.29, 1.82) is 0 Å². The topological polar surface area (TPSA) is 171 Å². The van der Waals surface area contributed by atoms with Gasteiger partial charge in [0.2, 0.25) is 17.7 Å². The number of hydrogen-bond donors (Lipinski definition) is 6. The Bertz CT molecular complexity index is 581. The molecule has 0 aromatic heterocycles. The van der Waals surface area contributed by atoms with E-state index < -0.39 is 54.0 Å². The number of carbonyl (C=O) groups is 4. The number of aliphatic hydroxyl groups is 1. The largest absolute Gasteiger partial charge is 0.480 e. The van der Waals surface area contributed by atoms with Crippen molar-refractivity contribution in [2.75, 3.05) is 0 Å². The first kappa shape index (κ1) is 26.8. The molecule has 0 aromatic carbocycles. The van der Waals surface area contributed by atoms with E-state index >= 15 is 0 Å². The summed E-state index contributed by atoms with van der Waals surface area (Å²) in [4.78, 5) is 48.4. The molecular formula is C19H36N4O6. The smallest absolute Gasteiger partial charge is 0.325 e. The van der Waals surface area contributed by atoms with Gasteiger partial charge in [-0.2, -0.15) is 0 Å². The quantitative estimate of drug-likeness (QED) is 0.245. The maximum absolute atomic E-state index is 12.7. The van der Waals surface area contributed by atoms with Gasteiger partial charge < -0.3 is 31.9 Å². The second-order valence-corrected chi connectivity index (χ2v) is 7.90. The number of nitrogens with one attached hydrogen (secondary N) is 3. The van der Waals surface area contributed by atoms with Crippen molar-refractivity contribution in [3.05, 3.63) is 0 Å². The molecule has 6 unspecified atom stereocenters. The number of aliphatic carboxylic acids is 1. The highest BCUT2D eigenvalue weighted by Crippen LogP contribution is 2.10. The van der Waals surface area contributed by atoms with Crippen LogP contribution in [0.1, 0.15) is 54.4 Å². The van der Waals surface area contributed by atoms with E-state index in [9.17, 15) is 24.3 Å². The van der Waals surface area contributed by atoms with Crippen LogP contribution < -0.4 is 21.7 Å². The molecule has 0 rings (SSSR count). The Morgan fingerprint density at radius 1 is 0.862 bits per heavy atom. The Balaban J connectivity index is 5.32. The standard InChI is InChI=1S/C19H36N4O6/c1-7-10(4)14(17(26)21-11(5)19(28)29)22-18(27)15(12(6)24)23-16(25)13(20)8-9(2)3/h9-15,24H,7-8,20H2,1-6H3,(H,21,26)(H,22,27)(H,23,25)(H,28,29). The van der Waals surface area contributed by atoms with Crippen LogP contribution in [0.2, 0.25) is 0 Å². The molecule has 7 N–H and O–H groups in total. The average Bonchev–Trinajstić information content (AvgIpc) is 2.61. The zero-order chi connectivity index (χ0) is 22.9. The van der Waals surface area contributed by atoms with Gasteiger partial charge in [-0.25, -0.2) is 0 Å². The molecule has 0 radical (unpaired) electrons. The van der Waals surface area contributed by atoms with Crippen LogP contribution in [-0.4, -0.2) is 64.2 Å². The van der Waals surface area contributed by atoms with Gasteiger partial charge in [0, 0.05) is 0 Å². The maximum atomic E-state index is 12.7. The molecule has 0 aliphatic rings. The first-order valence-electron chi connectivity index (χ1n) is 9.89.